The van der Waals surface area contributed by atoms with E-state index in [9.17, 15) is 14.0 Å². The number of hydrogen-bond acceptors (Lipinski definition) is 4. The Morgan fingerprint density at radius 3 is 2.58 bits per heavy atom. The molecule has 2 fully saturated rings. The van der Waals surface area contributed by atoms with E-state index >= 15 is 0 Å². The van der Waals surface area contributed by atoms with Crippen LogP contribution >= 0.6 is 0 Å². The highest BCUT2D eigenvalue weighted by Crippen LogP contribution is 2.54. The molecule has 1 N–H and O–H groups in total. The lowest BCUT2D eigenvalue weighted by atomic mass is 9.56. The summed E-state index contributed by atoms with van der Waals surface area (Å²) in [6.45, 7) is 6.15. The summed E-state index contributed by atoms with van der Waals surface area (Å²) in [5, 5.41) is 2.65. The molecule has 1 aliphatic carbocycles. The molecule has 1 spiro atoms. The molecule has 1 aromatic rings. The Kier molecular flexibility index (Phi) is 9.12. The van der Waals surface area contributed by atoms with Gasteiger partial charge in [0.1, 0.15) is 5.82 Å². The quantitative estimate of drug-likeness (QED) is 0.500. The molecule has 2 amide bonds. The number of unbranched alkanes of at least 4 members (excludes halogenated alkanes) is 1. The maximum Gasteiger partial charge on any atom is 0.410 e. The fourth-order valence-electron chi connectivity index (χ4n) is 5.24. The minimum Gasteiger partial charge on any atom is -0.447 e. The normalized spacial score (nSPS) is 17.8. The number of hydrogen-bond donors (Lipinski definition) is 1. The molecule has 1 aromatic carbocycles. The third-order valence-electron chi connectivity index (χ3n) is 7.06. The number of aryl methyl sites for hydroxylation is 1. The predicted octanol–water partition coefficient (Wildman–Crippen LogP) is 4.95. The molecule has 2 aliphatic rings. The molecular weight excluding hydrogens is 423 g/mol. The molecule has 3 rings (SSSR count). The molecule has 1 saturated heterocycles. The van der Waals surface area contributed by atoms with Crippen molar-refractivity contribution in [2.45, 2.75) is 71.3 Å². The standard InChI is InChI=1S/C26H39FN2O4/c1-19(2)33-25(31)29-13-10-26(11-14-29)17-21(18-26)7-5-4-6-20-8-9-22(23(27)16-20)24(30)28-12-15-32-3/h8-9,16,19,21H,4-7,10-15,17-18H2,1-3H3,(H,28,30). The summed E-state index contributed by atoms with van der Waals surface area (Å²) in [6, 6.07) is 4.91. The van der Waals surface area contributed by atoms with Gasteiger partial charge in [0.15, 0.2) is 0 Å². The number of likely N-dealkylation sites (tertiary alicyclic amines) is 1. The zero-order chi connectivity index (χ0) is 23.8. The van der Waals surface area contributed by atoms with Gasteiger partial charge in [0.25, 0.3) is 5.91 Å². The molecule has 6 nitrogen and oxygen atoms in total. The summed E-state index contributed by atoms with van der Waals surface area (Å²) in [5.74, 6) is -0.0984. The first kappa shape index (κ1) is 25.5. The second-order valence-corrected chi connectivity index (χ2v) is 10.0. The lowest BCUT2D eigenvalue weighted by Crippen LogP contribution is -2.49. The van der Waals surface area contributed by atoms with E-state index < -0.39 is 11.7 Å². The zero-order valence-electron chi connectivity index (χ0n) is 20.3. The minimum atomic E-state index is -0.466. The van der Waals surface area contributed by atoms with Crippen LogP contribution in [0.15, 0.2) is 18.2 Å². The second-order valence-electron chi connectivity index (χ2n) is 10.0. The van der Waals surface area contributed by atoms with Crippen molar-refractivity contribution < 1.29 is 23.5 Å². The molecule has 0 aromatic heterocycles. The molecule has 0 radical (unpaired) electrons. The van der Waals surface area contributed by atoms with Gasteiger partial charge in [-0.2, -0.15) is 0 Å². The molecule has 33 heavy (non-hydrogen) atoms. The number of halogens is 1. The van der Waals surface area contributed by atoms with Crippen LogP contribution < -0.4 is 5.32 Å². The summed E-state index contributed by atoms with van der Waals surface area (Å²) < 4.78 is 24.5. The Balaban J connectivity index is 1.31. The van der Waals surface area contributed by atoms with E-state index in [2.05, 4.69) is 5.32 Å². The number of carbonyl (C=O) groups is 2. The summed E-state index contributed by atoms with van der Waals surface area (Å²) in [5.41, 5.74) is 1.45. The van der Waals surface area contributed by atoms with Crippen molar-refractivity contribution in [3.63, 3.8) is 0 Å². The van der Waals surface area contributed by atoms with Crippen molar-refractivity contribution >= 4 is 12.0 Å². The van der Waals surface area contributed by atoms with Gasteiger partial charge in [0, 0.05) is 26.7 Å². The minimum absolute atomic E-state index is 0.0681. The first-order chi connectivity index (χ1) is 15.8. The summed E-state index contributed by atoms with van der Waals surface area (Å²) in [7, 11) is 1.56. The molecule has 184 valence electrons. The lowest BCUT2D eigenvalue weighted by molar-refractivity contribution is -0.0196. The van der Waals surface area contributed by atoms with Gasteiger partial charge in [-0.05, 0) is 81.4 Å². The molecule has 0 bridgehead atoms. The fraction of sp³-hybridized carbons (Fsp3) is 0.692. The van der Waals surface area contributed by atoms with Gasteiger partial charge in [0.05, 0.1) is 18.3 Å². The summed E-state index contributed by atoms with van der Waals surface area (Å²) in [4.78, 5) is 25.9. The highest BCUT2D eigenvalue weighted by molar-refractivity contribution is 5.94. The van der Waals surface area contributed by atoms with Crippen LogP contribution in [0.5, 0.6) is 0 Å². The number of methoxy groups -OCH3 is 1. The summed E-state index contributed by atoms with van der Waals surface area (Å²) >= 11 is 0. The molecule has 0 unspecified atom stereocenters. The molecule has 1 aliphatic heterocycles. The first-order valence-electron chi connectivity index (χ1n) is 12.3. The number of nitrogens with one attached hydrogen (secondary N) is 1. The second kappa shape index (κ2) is 11.8. The van der Waals surface area contributed by atoms with Gasteiger partial charge in [-0.1, -0.05) is 18.9 Å². The van der Waals surface area contributed by atoms with E-state index in [0.29, 0.717) is 18.6 Å². The number of nitrogens with zero attached hydrogens (tertiary/aromatic N) is 1. The van der Waals surface area contributed by atoms with Crippen molar-refractivity contribution in [2.24, 2.45) is 11.3 Å². The Morgan fingerprint density at radius 2 is 1.94 bits per heavy atom. The number of carbonyl (C=O) groups excluding carboxylic acids is 2. The van der Waals surface area contributed by atoms with Crippen molar-refractivity contribution in [2.75, 3.05) is 33.4 Å². The maximum absolute atomic E-state index is 14.3. The van der Waals surface area contributed by atoms with E-state index in [4.69, 9.17) is 9.47 Å². The van der Waals surface area contributed by atoms with Crippen molar-refractivity contribution in [3.8, 4) is 0 Å². The van der Waals surface area contributed by atoms with Crippen LogP contribution in [-0.2, 0) is 15.9 Å². The van der Waals surface area contributed by atoms with Gasteiger partial charge >= 0.3 is 6.09 Å². The van der Waals surface area contributed by atoms with E-state index in [1.807, 2.05) is 24.8 Å². The zero-order valence-corrected chi connectivity index (χ0v) is 20.3. The average molecular weight is 463 g/mol. The molecular formula is C26H39FN2O4. The van der Waals surface area contributed by atoms with Crippen LogP contribution in [0, 0.1) is 17.2 Å². The van der Waals surface area contributed by atoms with Gasteiger partial charge < -0.3 is 19.7 Å². The van der Waals surface area contributed by atoms with Gasteiger partial charge in [0.2, 0.25) is 0 Å². The number of amides is 2. The third kappa shape index (κ3) is 7.16. The van der Waals surface area contributed by atoms with Crippen LogP contribution in [0.2, 0.25) is 0 Å². The molecule has 1 heterocycles. The topological polar surface area (TPSA) is 67.9 Å². The van der Waals surface area contributed by atoms with E-state index in [0.717, 1.165) is 56.7 Å². The predicted molar refractivity (Wildman–Crippen MR) is 126 cm³/mol. The van der Waals surface area contributed by atoms with E-state index in [-0.39, 0.29) is 17.8 Å². The van der Waals surface area contributed by atoms with Gasteiger partial charge in [-0.3, -0.25) is 4.79 Å². The maximum atomic E-state index is 14.3. The Morgan fingerprint density at radius 1 is 1.21 bits per heavy atom. The monoisotopic (exact) mass is 462 g/mol. The molecule has 7 heteroatoms. The third-order valence-corrected chi connectivity index (χ3v) is 7.06. The average Bonchev–Trinajstić information content (AvgIpc) is 2.75. The van der Waals surface area contributed by atoms with Gasteiger partial charge in [-0.25, -0.2) is 9.18 Å². The largest absolute Gasteiger partial charge is 0.447 e. The van der Waals surface area contributed by atoms with E-state index in [1.165, 1.54) is 25.3 Å². The number of benzene rings is 1. The molecule has 0 atom stereocenters. The summed E-state index contributed by atoms with van der Waals surface area (Å²) in [6.07, 6.45) is 8.65. The Labute approximate surface area is 197 Å². The Bertz CT molecular complexity index is 797. The van der Waals surface area contributed by atoms with Crippen molar-refractivity contribution in [1.82, 2.24) is 10.2 Å². The number of piperidine rings is 1. The molecule has 1 saturated carbocycles. The number of rotatable bonds is 10. The number of ether oxygens (including phenoxy) is 2. The van der Waals surface area contributed by atoms with Gasteiger partial charge in [-0.15, -0.1) is 0 Å². The van der Waals surface area contributed by atoms with Crippen LogP contribution in [0.4, 0.5) is 9.18 Å². The van der Waals surface area contributed by atoms with Crippen LogP contribution in [-0.4, -0.2) is 56.4 Å². The van der Waals surface area contributed by atoms with Crippen molar-refractivity contribution in [3.05, 3.63) is 35.1 Å². The van der Waals surface area contributed by atoms with E-state index in [1.54, 1.807) is 13.2 Å². The fourth-order valence-corrected chi connectivity index (χ4v) is 5.24. The highest BCUT2D eigenvalue weighted by Gasteiger charge is 2.45. The van der Waals surface area contributed by atoms with Crippen LogP contribution in [0.25, 0.3) is 0 Å². The first-order valence-corrected chi connectivity index (χ1v) is 12.3. The van der Waals surface area contributed by atoms with Crippen LogP contribution in [0.1, 0.15) is 74.7 Å². The smallest absolute Gasteiger partial charge is 0.410 e. The Hall–Kier alpha value is -2.15. The highest BCUT2D eigenvalue weighted by atomic mass is 19.1. The van der Waals surface area contributed by atoms with Crippen molar-refractivity contribution in [1.29, 1.82) is 0 Å². The lowest BCUT2D eigenvalue weighted by Gasteiger charge is -2.52. The SMILES string of the molecule is COCCNC(=O)c1ccc(CCCCC2CC3(CCN(C(=O)OC(C)C)CC3)C2)cc1F. The van der Waals surface area contributed by atoms with Crippen LogP contribution in [0.3, 0.4) is 0 Å².